The molecule has 2 rings (SSSR count). The Kier molecular flexibility index (Phi) is 13.0. The highest BCUT2D eigenvalue weighted by molar-refractivity contribution is 8.18. The first kappa shape index (κ1) is 38.3. The van der Waals surface area contributed by atoms with E-state index in [0.717, 1.165) is 25.7 Å². The summed E-state index contributed by atoms with van der Waals surface area (Å²) in [6.45, 7) is 32.6. The molecule has 4 nitrogen and oxygen atoms in total. The molecule has 0 bridgehead atoms. The van der Waals surface area contributed by atoms with E-state index < -0.39 is 0 Å². The fourth-order valence-corrected chi connectivity index (χ4v) is 11.5. The van der Waals surface area contributed by atoms with Gasteiger partial charge in [-0.1, -0.05) is 83.1 Å². The van der Waals surface area contributed by atoms with E-state index in [2.05, 4.69) is 120 Å². The maximum atomic E-state index is 12.9. The van der Waals surface area contributed by atoms with E-state index in [4.69, 9.17) is 9.84 Å². The van der Waals surface area contributed by atoms with Gasteiger partial charge in [0.2, 0.25) is 0 Å². The monoisotopic (exact) mass is 628 g/mol. The molecule has 248 valence electrons. The first-order chi connectivity index (χ1) is 18.9. The van der Waals surface area contributed by atoms with Gasteiger partial charge in [0.05, 0.1) is 10.2 Å². The molecule has 0 aromatic heterocycles. The van der Waals surface area contributed by atoms with Crippen molar-refractivity contribution in [2.24, 2.45) is 45.3 Å². The van der Waals surface area contributed by atoms with Crippen molar-refractivity contribution in [1.82, 2.24) is 0 Å². The van der Waals surface area contributed by atoms with Crippen molar-refractivity contribution in [3.63, 3.8) is 0 Å². The lowest BCUT2D eigenvalue weighted by Crippen LogP contribution is -2.51. The Hall–Kier alpha value is 0.0900. The van der Waals surface area contributed by atoms with Gasteiger partial charge < -0.3 is 14.9 Å². The van der Waals surface area contributed by atoms with Crippen molar-refractivity contribution >= 4 is 29.5 Å². The molecule has 6 heteroatoms. The number of aliphatic hydroxyl groups excluding tert-OH is 2. The van der Waals surface area contributed by atoms with Gasteiger partial charge in [0.25, 0.3) is 0 Å². The Morgan fingerprint density at radius 2 is 1.00 bits per heavy atom. The van der Waals surface area contributed by atoms with Gasteiger partial charge in [0, 0.05) is 35.4 Å². The summed E-state index contributed by atoms with van der Waals surface area (Å²) in [6.07, 6.45) is 5.61. The number of thioether (sulfide) groups is 2. The molecule has 42 heavy (non-hydrogen) atoms. The number of carbonyl (C=O) groups is 1. The summed E-state index contributed by atoms with van der Waals surface area (Å²) in [5, 5.41) is 21.7. The van der Waals surface area contributed by atoms with Crippen LogP contribution in [0, 0.1) is 45.3 Å². The van der Waals surface area contributed by atoms with E-state index in [1.807, 2.05) is 0 Å². The standard InChI is InChI=1S/C36H68O4S2/c1-32(2,3)25-19-23(20-26(30(25)39)33(4,5)6)41-36(13,14)42-24-21-27(34(7,8)9)31(28(22-24)35(10,11)12)40-29(38)17-15-16-18-37/h23-28,30-31,37,39H,15-22H2,1-14H3. The van der Waals surface area contributed by atoms with Crippen molar-refractivity contribution < 1.29 is 19.7 Å². The van der Waals surface area contributed by atoms with Crippen LogP contribution in [0.25, 0.3) is 0 Å². The van der Waals surface area contributed by atoms with Gasteiger partial charge in [-0.05, 0) is 85.9 Å². The summed E-state index contributed by atoms with van der Waals surface area (Å²) in [6, 6.07) is 0. The zero-order chi connectivity index (χ0) is 32.5. The SMILES string of the molecule is CC(C)(SC1CC(C(C)(C)C)C(O)C(C(C)(C)C)C1)SC1CC(C(C)(C)C)C(OC(=O)CCCCO)C(C(C)(C)C)C1. The fraction of sp³-hybridized carbons (Fsp3) is 0.972. The quantitative estimate of drug-likeness (QED) is 0.151. The van der Waals surface area contributed by atoms with Gasteiger partial charge in [-0.2, -0.15) is 0 Å². The topological polar surface area (TPSA) is 66.8 Å². The first-order valence-corrected chi connectivity index (χ1v) is 18.5. The average molecular weight is 629 g/mol. The highest BCUT2D eigenvalue weighted by atomic mass is 32.2. The fourth-order valence-electron chi connectivity index (χ4n) is 7.64. The molecule has 0 saturated heterocycles. The number of unbranched alkanes of at least 4 members (excludes halogenated alkanes) is 1. The van der Waals surface area contributed by atoms with Crippen LogP contribution in [-0.4, -0.2) is 49.6 Å². The van der Waals surface area contributed by atoms with Crippen molar-refractivity contribution in [3.8, 4) is 0 Å². The van der Waals surface area contributed by atoms with Crippen LogP contribution in [0.3, 0.4) is 0 Å². The maximum absolute atomic E-state index is 12.9. The summed E-state index contributed by atoms with van der Waals surface area (Å²) in [7, 11) is 0. The van der Waals surface area contributed by atoms with E-state index in [-0.39, 0.29) is 62.4 Å². The second kappa shape index (κ2) is 14.2. The molecule has 4 unspecified atom stereocenters. The molecule has 2 aliphatic rings. The molecule has 2 N–H and O–H groups in total. The summed E-state index contributed by atoms with van der Waals surface area (Å²) >= 11 is 4.29. The van der Waals surface area contributed by atoms with Gasteiger partial charge in [0.1, 0.15) is 6.10 Å². The van der Waals surface area contributed by atoms with Crippen LogP contribution in [0.15, 0.2) is 0 Å². The van der Waals surface area contributed by atoms with Crippen LogP contribution >= 0.6 is 23.5 Å². The lowest BCUT2D eigenvalue weighted by atomic mass is 9.61. The number of esters is 1. The zero-order valence-corrected chi connectivity index (χ0v) is 31.4. The van der Waals surface area contributed by atoms with Crippen LogP contribution in [0.2, 0.25) is 0 Å². The lowest BCUT2D eigenvalue weighted by molar-refractivity contribution is -0.166. The van der Waals surface area contributed by atoms with Crippen LogP contribution in [0.5, 0.6) is 0 Å². The predicted molar refractivity (Wildman–Crippen MR) is 184 cm³/mol. The lowest BCUT2D eigenvalue weighted by Gasteiger charge is -2.52. The zero-order valence-electron chi connectivity index (χ0n) is 29.8. The van der Waals surface area contributed by atoms with Gasteiger partial charge in [-0.25, -0.2) is 0 Å². The van der Waals surface area contributed by atoms with E-state index in [0.29, 0.717) is 41.6 Å². The normalized spacial score (nSPS) is 32.1. The number of carbonyl (C=O) groups excluding carboxylic acids is 1. The van der Waals surface area contributed by atoms with Gasteiger partial charge in [-0.15, -0.1) is 23.5 Å². The molecule has 4 atom stereocenters. The third-order valence-electron chi connectivity index (χ3n) is 10.1. The Bertz CT molecular complexity index is 810. The number of hydrogen-bond donors (Lipinski definition) is 2. The molecule has 0 spiro atoms. The van der Waals surface area contributed by atoms with Crippen LogP contribution in [-0.2, 0) is 9.53 Å². The number of ether oxygens (including phenoxy) is 1. The third kappa shape index (κ3) is 10.9. The molecular weight excluding hydrogens is 561 g/mol. The average Bonchev–Trinajstić information content (AvgIpc) is 2.77. The molecule has 0 aromatic rings. The Balaban J connectivity index is 2.27. The Morgan fingerprint density at radius 3 is 1.33 bits per heavy atom. The largest absolute Gasteiger partial charge is 0.462 e. The van der Waals surface area contributed by atoms with E-state index in [1.54, 1.807) is 0 Å². The molecule has 2 aliphatic carbocycles. The van der Waals surface area contributed by atoms with E-state index >= 15 is 0 Å². The van der Waals surface area contributed by atoms with Crippen molar-refractivity contribution in [1.29, 1.82) is 0 Å². The molecule has 0 amide bonds. The molecule has 2 fully saturated rings. The van der Waals surface area contributed by atoms with E-state index in [9.17, 15) is 9.90 Å². The predicted octanol–water partition coefficient (Wildman–Crippen LogP) is 9.60. The van der Waals surface area contributed by atoms with Crippen molar-refractivity contribution in [2.45, 2.75) is 169 Å². The second-order valence-corrected chi connectivity index (χ2v) is 22.4. The molecule has 0 aliphatic heterocycles. The number of aliphatic hydroxyl groups is 2. The number of hydrogen-bond acceptors (Lipinski definition) is 6. The van der Waals surface area contributed by atoms with Gasteiger partial charge >= 0.3 is 5.97 Å². The Labute approximate surface area is 269 Å². The minimum Gasteiger partial charge on any atom is -0.462 e. The third-order valence-corrected chi connectivity index (χ3v) is 13.2. The van der Waals surface area contributed by atoms with Crippen LogP contribution in [0.1, 0.15) is 142 Å². The summed E-state index contributed by atoms with van der Waals surface area (Å²) in [5.74, 6) is 1.06. The molecule has 0 aromatic carbocycles. The minimum absolute atomic E-state index is 0.0232. The summed E-state index contributed by atoms with van der Waals surface area (Å²) < 4.78 is 6.40. The molecule has 2 saturated carbocycles. The summed E-state index contributed by atoms with van der Waals surface area (Å²) in [5.41, 5.74) is 0.200. The maximum Gasteiger partial charge on any atom is 0.306 e. The van der Waals surface area contributed by atoms with Crippen molar-refractivity contribution in [3.05, 3.63) is 0 Å². The smallest absolute Gasteiger partial charge is 0.306 e. The van der Waals surface area contributed by atoms with Crippen molar-refractivity contribution in [2.75, 3.05) is 6.61 Å². The van der Waals surface area contributed by atoms with Crippen LogP contribution < -0.4 is 0 Å². The van der Waals surface area contributed by atoms with Crippen LogP contribution in [0.4, 0.5) is 0 Å². The van der Waals surface area contributed by atoms with E-state index in [1.165, 1.54) is 0 Å². The highest BCUT2D eigenvalue weighted by Crippen LogP contribution is 2.56. The highest BCUT2D eigenvalue weighted by Gasteiger charge is 2.51. The first-order valence-electron chi connectivity index (χ1n) is 16.7. The van der Waals surface area contributed by atoms with Gasteiger partial charge in [0.15, 0.2) is 0 Å². The number of rotatable bonds is 9. The second-order valence-electron chi connectivity index (χ2n) is 18.3. The molecule has 0 heterocycles. The van der Waals surface area contributed by atoms with Gasteiger partial charge in [-0.3, -0.25) is 4.79 Å². The molecular formula is C36H68O4S2. The Morgan fingerprint density at radius 1 is 0.643 bits per heavy atom. The minimum atomic E-state index is -0.251. The molecule has 0 radical (unpaired) electrons. The summed E-state index contributed by atoms with van der Waals surface area (Å²) in [4.78, 5) is 12.9.